The average Bonchev–Trinajstić information content (AvgIpc) is 2.86. The minimum atomic E-state index is -1.49. The summed E-state index contributed by atoms with van der Waals surface area (Å²) in [6.45, 7) is 1.94. The van der Waals surface area contributed by atoms with Crippen LogP contribution >= 0.6 is 11.6 Å². The first kappa shape index (κ1) is 15.8. The summed E-state index contributed by atoms with van der Waals surface area (Å²) in [5.41, 5.74) is 1.71. The summed E-state index contributed by atoms with van der Waals surface area (Å²) in [6, 6.07) is 14.7. The summed E-state index contributed by atoms with van der Waals surface area (Å²) < 4.78 is 20.0. The van der Waals surface area contributed by atoms with Crippen molar-refractivity contribution in [2.24, 2.45) is 0 Å². The van der Waals surface area contributed by atoms with Gasteiger partial charge in [0.25, 0.3) is 5.91 Å². The van der Waals surface area contributed by atoms with Gasteiger partial charge in [-0.15, -0.1) is 0 Å². The molecule has 2 atom stereocenters. The van der Waals surface area contributed by atoms with Gasteiger partial charge in [0.2, 0.25) is 0 Å². The van der Waals surface area contributed by atoms with E-state index in [4.69, 9.17) is 16.3 Å². The highest BCUT2D eigenvalue weighted by atomic mass is 35.5. The molecule has 0 spiro atoms. The Labute approximate surface area is 141 Å². The van der Waals surface area contributed by atoms with Gasteiger partial charge in [0.15, 0.2) is 11.0 Å². The van der Waals surface area contributed by atoms with Gasteiger partial charge >= 0.3 is 0 Å². The second kappa shape index (κ2) is 6.56. The lowest BCUT2D eigenvalue weighted by Gasteiger charge is -2.15. The van der Waals surface area contributed by atoms with E-state index in [1.165, 1.54) is 6.08 Å². The average molecular weight is 348 g/mol. The first-order chi connectivity index (χ1) is 11.0. The highest BCUT2D eigenvalue weighted by Gasteiger charge is 2.20. The zero-order valence-corrected chi connectivity index (χ0v) is 13.9. The molecule has 0 saturated carbocycles. The fourth-order valence-corrected chi connectivity index (χ4v) is 3.38. The second-order valence-corrected chi connectivity index (χ2v) is 6.70. The molecule has 2 aromatic rings. The normalized spacial score (nSPS) is 18.3. The predicted molar refractivity (Wildman–Crippen MR) is 91.2 cm³/mol. The van der Waals surface area contributed by atoms with Crippen LogP contribution < -0.4 is 9.46 Å². The van der Waals surface area contributed by atoms with Gasteiger partial charge in [0, 0.05) is 11.1 Å². The number of benzene rings is 2. The Balaban J connectivity index is 1.74. The van der Waals surface area contributed by atoms with Gasteiger partial charge in [-0.05, 0) is 42.3 Å². The van der Waals surface area contributed by atoms with Crippen molar-refractivity contribution < 1.29 is 13.7 Å². The summed E-state index contributed by atoms with van der Waals surface area (Å²) in [5, 5.41) is 0.668. The van der Waals surface area contributed by atoms with Crippen LogP contribution in [0, 0.1) is 0 Å². The first-order valence-corrected chi connectivity index (χ1v) is 8.52. The lowest BCUT2D eigenvalue weighted by atomic mass is 10.1. The van der Waals surface area contributed by atoms with E-state index in [1.54, 1.807) is 24.3 Å². The Morgan fingerprint density at radius 3 is 2.52 bits per heavy atom. The molecular formula is C17H14ClNO3S. The van der Waals surface area contributed by atoms with Crippen LogP contribution in [0.5, 0.6) is 5.75 Å². The van der Waals surface area contributed by atoms with Crippen molar-refractivity contribution in [2.75, 3.05) is 0 Å². The quantitative estimate of drug-likeness (QED) is 0.919. The van der Waals surface area contributed by atoms with Crippen molar-refractivity contribution in [3.63, 3.8) is 0 Å². The molecule has 0 fully saturated rings. The van der Waals surface area contributed by atoms with E-state index in [0.717, 1.165) is 11.1 Å². The van der Waals surface area contributed by atoms with E-state index < -0.39 is 11.0 Å². The maximum absolute atomic E-state index is 11.7. The number of amides is 1. The minimum Gasteiger partial charge on any atom is -0.486 e. The smallest absolute Gasteiger partial charge is 0.257 e. The highest BCUT2D eigenvalue weighted by Crippen LogP contribution is 2.27. The van der Waals surface area contributed by atoms with Crippen LogP contribution in [0.15, 0.2) is 54.6 Å². The van der Waals surface area contributed by atoms with E-state index in [1.807, 2.05) is 31.2 Å². The van der Waals surface area contributed by atoms with Crippen molar-refractivity contribution in [3.05, 3.63) is 70.8 Å². The summed E-state index contributed by atoms with van der Waals surface area (Å²) in [5.74, 6) is 0.345. The fourth-order valence-electron chi connectivity index (χ4n) is 2.27. The fraction of sp³-hybridized carbons (Fsp3) is 0.118. The first-order valence-electron chi connectivity index (χ1n) is 6.99. The Bertz CT molecular complexity index is 802. The van der Waals surface area contributed by atoms with Crippen LogP contribution in [-0.4, -0.2) is 10.1 Å². The SMILES string of the molecule is C[C@@H](Oc1ccc(C2=CC(=O)NS2=O)cc1)c1cccc(Cl)c1. The largest absolute Gasteiger partial charge is 0.486 e. The summed E-state index contributed by atoms with van der Waals surface area (Å²) in [7, 11) is -1.49. The molecule has 23 heavy (non-hydrogen) atoms. The van der Waals surface area contributed by atoms with E-state index >= 15 is 0 Å². The molecule has 1 N–H and O–H groups in total. The lowest BCUT2D eigenvalue weighted by molar-refractivity contribution is -0.114. The Hall–Kier alpha value is -2.11. The van der Waals surface area contributed by atoms with Crippen LogP contribution in [0.4, 0.5) is 0 Å². The van der Waals surface area contributed by atoms with E-state index in [0.29, 0.717) is 15.7 Å². The summed E-state index contributed by atoms with van der Waals surface area (Å²) in [4.78, 5) is 11.7. The number of hydrogen-bond donors (Lipinski definition) is 1. The number of nitrogens with one attached hydrogen (secondary N) is 1. The predicted octanol–water partition coefficient (Wildman–Crippen LogP) is 3.61. The van der Waals surface area contributed by atoms with Crippen molar-refractivity contribution in [3.8, 4) is 5.75 Å². The molecular weight excluding hydrogens is 334 g/mol. The molecule has 0 saturated heterocycles. The molecule has 0 radical (unpaired) electrons. The lowest BCUT2D eigenvalue weighted by Crippen LogP contribution is -2.16. The van der Waals surface area contributed by atoms with Gasteiger partial charge < -0.3 is 4.74 Å². The molecule has 1 aliphatic rings. The number of ether oxygens (including phenoxy) is 1. The van der Waals surface area contributed by atoms with Crippen molar-refractivity contribution in [2.45, 2.75) is 13.0 Å². The van der Waals surface area contributed by atoms with Gasteiger partial charge in [-0.3, -0.25) is 9.52 Å². The maximum Gasteiger partial charge on any atom is 0.257 e. The Morgan fingerprint density at radius 1 is 1.17 bits per heavy atom. The zero-order valence-electron chi connectivity index (χ0n) is 12.3. The monoisotopic (exact) mass is 347 g/mol. The van der Waals surface area contributed by atoms with Gasteiger partial charge in [0.05, 0.1) is 4.91 Å². The Kier molecular flexibility index (Phi) is 4.50. The van der Waals surface area contributed by atoms with Crippen LogP contribution in [0.25, 0.3) is 4.91 Å². The van der Waals surface area contributed by atoms with Crippen molar-refractivity contribution in [1.29, 1.82) is 0 Å². The third-order valence-corrected chi connectivity index (χ3v) is 4.80. The van der Waals surface area contributed by atoms with E-state index in [9.17, 15) is 9.00 Å². The molecule has 0 bridgehead atoms. The molecule has 3 rings (SSSR count). The molecule has 2 aromatic carbocycles. The van der Waals surface area contributed by atoms with Gasteiger partial charge in [-0.1, -0.05) is 35.9 Å². The van der Waals surface area contributed by atoms with Crippen molar-refractivity contribution in [1.82, 2.24) is 4.72 Å². The molecule has 1 amide bonds. The topological polar surface area (TPSA) is 55.4 Å². The van der Waals surface area contributed by atoms with Crippen LogP contribution in [0.1, 0.15) is 24.2 Å². The highest BCUT2D eigenvalue weighted by molar-refractivity contribution is 7.93. The summed E-state index contributed by atoms with van der Waals surface area (Å²) >= 11 is 5.99. The third kappa shape index (κ3) is 3.63. The van der Waals surface area contributed by atoms with Gasteiger partial charge in [-0.25, -0.2) is 4.21 Å². The molecule has 0 aliphatic carbocycles. The second-order valence-electron chi connectivity index (χ2n) is 5.08. The molecule has 0 aromatic heterocycles. The van der Waals surface area contributed by atoms with Gasteiger partial charge in [0.1, 0.15) is 11.9 Å². The molecule has 1 aliphatic heterocycles. The minimum absolute atomic E-state index is 0.150. The number of carbonyl (C=O) groups excluding carboxylic acids is 1. The van der Waals surface area contributed by atoms with E-state index in [-0.39, 0.29) is 12.0 Å². The number of carbonyl (C=O) groups is 1. The van der Waals surface area contributed by atoms with Gasteiger partial charge in [-0.2, -0.15) is 0 Å². The summed E-state index contributed by atoms with van der Waals surface area (Å²) in [6.07, 6.45) is 1.20. The standard InChI is InChI=1S/C17H14ClNO3S/c1-11(13-3-2-4-14(18)9-13)22-15-7-5-12(6-8-15)16-10-17(20)19-23(16)21/h2-11H,1H3,(H,19,20)/t11-,23?/m1/s1. The molecule has 118 valence electrons. The molecule has 1 heterocycles. The van der Waals surface area contributed by atoms with Crippen LogP contribution in [0.3, 0.4) is 0 Å². The van der Waals surface area contributed by atoms with Crippen LogP contribution in [0.2, 0.25) is 5.02 Å². The molecule has 6 heteroatoms. The third-order valence-electron chi connectivity index (χ3n) is 3.42. The number of halogens is 1. The van der Waals surface area contributed by atoms with Crippen LogP contribution in [-0.2, 0) is 15.8 Å². The number of hydrogen-bond acceptors (Lipinski definition) is 3. The number of rotatable bonds is 4. The van der Waals surface area contributed by atoms with Crippen molar-refractivity contribution >= 4 is 33.4 Å². The zero-order chi connectivity index (χ0) is 16.4. The van der Waals surface area contributed by atoms with E-state index in [2.05, 4.69) is 4.72 Å². The molecule has 4 nitrogen and oxygen atoms in total. The maximum atomic E-state index is 11.7. The molecule has 1 unspecified atom stereocenters. The Morgan fingerprint density at radius 2 is 1.91 bits per heavy atom.